The number of rotatable bonds is 4. The van der Waals surface area contributed by atoms with Gasteiger partial charge in [-0.2, -0.15) is 13.5 Å². The number of fused-ring (bicyclic) bond motifs is 1. The SMILES string of the molecule is Cn1cc(/C=N/NS(=O)(=O)c2ccc(Br)cc2)c2ccccc21. The predicted molar refractivity (Wildman–Crippen MR) is 95.0 cm³/mol. The Bertz CT molecular complexity index is 976. The van der Waals surface area contributed by atoms with Gasteiger partial charge in [-0.3, -0.25) is 0 Å². The molecule has 5 nitrogen and oxygen atoms in total. The highest BCUT2D eigenvalue weighted by Crippen LogP contribution is 2.18. The van der Waals surface area contributed by atoms with Crippen molar-refractivity contribution in [1.29, 1.82) is 0 Å². The maximum absolute atomic E-state index is 12.2. The van der Waals surface area contributed by atoms with Crippen LogP contribution in [0.1, 0.15) is 5.56 Å². The largest absolute Gasteiger partial charge is 0.350 e. The summed E-state index contributed by atoms with van der Waals surface area (Å²) in [5.41, 5.74) is 1.91. The monoisotopic (exact) mass is 391 g/mol. The number of aromatic nitrogens is 1. The molecule has 0 aliphatic carbocycles. The summed E-state index contributed by atoms with van der Waals surface area (Å²) in [5, 5.41) is 4.90. The zero-order valence-corrected chi connectivity index (χ0v) is 14.7. The Kier molecular flexibility index (Phi) is 4.23. The van der Waals surface area contributed by atoms with E-state index in [2.05, 4.69) is 25.9 Å². The number of benzene rings is 2. The van der Waals surface area contributed by atoms with Crippen LogP contribution in [0.3, 0.4) is 0 Å². The second-order valence-corrected chi connectivity index (χ2v) is 7.60. The van der Waals surface area contributed by atoms with E-state index in [4.69, 9.17) is 0 Å². The quantitative estimate of drug-likeness (QED) is 0.547. The summed E-state index contributed by atoms with van der Waals surface area (Å²) in [6.07, 6.45) is 3.42. The number of halogens is 1. The fourth-order valence-corrected chi connectivity index (χ4v) is 3.36. The Morgan fingerprint density at radius 1 is 1.13 bits per heavy atom. The molecule has 0 aliphatic rings. The third-order valence-electron chi connectivity index (χ3n) is 3.43. The summed E-state index contributed by atoms with van der Waals surface area (Å²) in [4.78, 5) is 2.40. The molecule has 7 heteroatoms. The van der Waals surface area contributed by atoms with Gasteiger partial charge in [0, 0.05) is 34.2 Å². The van der Waals surface area contributed by atoms with Gasteiger partial charge >= 0.3 is 0 Å². The van der Waals surface area contributed by atoms with Crippen molar-refractivity contribution in [2.75, 3.05) is 0 Å². The molecule has 23 heavy (non-hydrogen) atoms. The van der Waals surface area contributed by atoms with Crippen molar-refractivity contribution in [2.24, 2.45) is 12.1 Å². The molecule has 0 spiro atoms. The van der Waals surface area contributed by atoms with Crippen LogP contribution >= 0.6 is 15.9 Å². The van der Waals surface area contributed by atoms with Crippen LogP contribution in [0.4, 0.5) is 0 Å². The Morgan fingerprint density at radius 3 is 2.57 bits per heavy atom. The molecular formula is C16H14BrN3O2S. The lowest BCUT2D eigenvalue weighted by Crippen LogP contribution is -2.18. The average Bonchev–Trinajstić information content (AvgIpc) is 2.85. The van der Waals surface area contributed by atoms with Crippen molar-refractivity contribution in [1.82, 2.24) is 9.40 Å². The molecule has 0 atom stereocenters. The summed E-state index contributed by atoms with van der Waals surface area (Å²) >= 11 is 3.27. The van der Waals surface area contributed by atoms with E-state index in [-0.39, 0.29) is 4.90 Å². The van der Waals surface area contributed by atoms with Crippen LogP contribution in [0, 0.1) is 0 Å². The van der Waals surface area contributed by atoms with Gasteiger partial charge in [0.25, 0.3) is 10.0 Å². The Balaban J connectivity index is 1.84. The lowest BCUT2D eigenvalue weighted by molar-refractivity contribution is 0.584. The standard InChI is InChI=1S/C16H14BrN3O2S/c1-20-11-12(15-4-2-3-5-16(15)20)10-18-19-23(21,22)14-8-6-13(17)7-9-14/h2-11,19H,1H3/b18-10+. The zero-order chi connectivity index (χ0) is 16.4. The molecule has 118 valence electrons. The van der Waals surface area contributed by atoms with Gasteiger partial charge in [0.05, 0.1) is 11.1 Å². The molecule has 0 bridgehead atoms. The number of aryl methyl sites for hydroxylation is 1. The minimum absolute atomic E-state index is 0.163. The van der Waals surface area contributed by atoms with Crippen molar-refractivity contribution < 1.29 is 8.42 Å². The number of para-hydroxylation sites is 1. The molecule has 0 unspecified atom stereocenters. The van der Waals surface area contributed by atoms with Gasteiger partial charge < -0.3 is 4.57 Å². The van der Waals surface area contributed by atoms with Crippen LogP contribution in [-0.4, -0.2) is 19.2 Å². The summed E-state index contributed by atoms with van der Waals surface area (Å²) in [6, 6.07) is 14.2. The molecular weight excluding hydrogens is 378 g/mol. The van der Waals surface area contributed by atoms with Gasteiger partial charge in [-0.25, -0.2) is 4.83 Å². The molecule has 2 aromatic carbocycles. The molecule has 1 heterocycles. The first-order valence-corrected chi connectivity index (χ1v) is 9.09. The highest BCUT2D eigenvalue weighted by atomic mass is 79.9. The van der Waals surface area contributed by atoms with E-state index in [1.807, 2.05) is 42.1 Å². The first-order chi connectivity index (χ1) is 11.0. The van der Waals surface area contributed by atoms with Crippen molar-refractivity contribution in [3.63, 3.8) is 0 Å². The molecule has 0 saturated heterocycles. The average molecular weight is 392 g/mol. The number of sulfonamides is 1. The van der Waals surface area contributed by atoms with Gasteiger partial charge in [-0.1, -0.05) is 34.1 Å². The van der Waals surface area contributed by atoms with Crippen LogP contribution in [0.15, 0.2) is 69.2 Å². The summed E-state index contributed by atoms with van der Waals surface area (Å²) in [7, 11) is -1.73. The Hall–Kier alpha value is -2.12. The summed E-state index contributed by atoms with van der Waals surface area (Å²) < 4.78 is 27.1. The lowest BCUT2D eigenvalue weighted by Gasteiger charge is -2.02. The highest BCUT2D eigenvalue weighted by Gasteiger charge is 2.12. The molecule has 0 aliphatic heterocycles. The van der Waals surface area contributed by atoms with Crippen molar-refractivity contribution in [3.05, 3.63) is 64.8 Å². The van der Waals surface area contributed by atoms with Crippen LogP contribution in [0.25, 0.3) is 10.9 Å². The van der Waals surface area contributed by atoms with Crippen LogP contribution < -0.4 is 4.83 Å². The molecule has 0 fully saturated rings. The minimum atomic E-state index is -3.67. The highest BCUT2D eigenvalue weighted by molar-refractivity contribution is 9.10. The van der Waals surface area contributed by atoms with Gasteiger partial charge in [0.15, 0.2) is 0 Å². The van der Waals surface area contributed by atoms with Gasteiger partial charge in [0.2, 0.25) is 0 Å². The molecule has 3 rings (SSSR count). The summed E-state index contributed by atoms with van der Waals surface area (Å²) in [6.45, 7) is 0. The van der Waals surface area contributed by atoms with Crippen LogP contribution in [0.2, 0.25) is 0 Å². The van der Waals surface area contributed by atoms with E-state index < -0.39 is 10.0 Å². The van der Waals surface area contributed by atoms with E-state index in [0.29, 0.717) is 0 Å². The van der Waals surface area contributed by atoms with Gasteiger partial charge in [0.1, 0.15) is 0 Å². The number of hydrogen-bond acceptors (Lipinski definition) is 3. The molecule has 1 aromatic heterocycles. The number of nitrogens with zero attached hydrogens (tertiary/aromatic N) is 2. The lowest BCUT2D eigenvalue weighted by atomic mass is 10.2. The first kappa shape index (κ1) is 15.8. The first-order valence-electron chi connectivity index (χ1n) is 6.82. The number of nitrogens with one attached hydrogen (secondary N) is 1. The van der Waals surface area contributed by atoms with E-state index in [1.54, 1.807) is 12.1 Å². The van der Waals surface area contributed by atoms with Crippen LogP contribution in [-0.2, 0) is 17.1 Å². The van der Waals surface area contributed by atoms with Crippen molar-refractivity contribution in [3.8, 4) is 0 Å². The van der Waals surface area contributed by atoms with Gasteiger partial charge in [-0.05, 0) is 30.3 Å². The maximum atomic E-state index is 12.2. The van der Waals surface area contributed by atoms with Gasteiger partial charge in [-0.15, -0.1) is 0 Å². The van der Waals surface area contributed by atoms with E-state index in [0.717, 1.165) is 20.9 Å². The molecule has 1 N–H and O–H groups in total. The fourth-order valence-electron chi connectivity index (χ4n) is 2.31. The van der Waals surface area contributed by atoms with Crippen molar-refractivity contribution in [2.45, 2.75) is 4.90 Å². The van der Waals surface area contributed by atoms with Crippen molar-refractivity contribution >= 4 is 43.1 Å². The second-order valence-electron chi connectivity index (χ2n) is 5.02. The number of hydrogen-bond donors (Lipinski definition) is 1. The fraction of sp³-hybridized carbons (Fsp3) is 0.0625. The smallest absolute Gasteiger partial charge is 0.276 e. The minimum Gasteiger partial charge on any atom is -0.350 e. The van der Waals surface area contributed by atoms with E-state index >= 15 is 0 Å². The Morgan fingerprint density at radius 2 is 1.83 bits per heavy atom. The summed E-state index contributed by atoms with van der Waals surface area (Å²) in [5.74, 6) is 0. The predicted octanol–water partition coefficient (Wildman–Crippen LogP) is 3.25. The number of hydrazone groups is 1. The second kappa shape index (κ2) is 6.17. The zero-order valence-electron chi connectivity index (χ0n) is 12.3. The Labute approximate surface area is 142 Å². The third kappa shape index (κ3) is 3.30. The molecule has 0 saturated carbocycles. The van der Waals surface area contributed by atoms with E-state index in [9.17, 15) is 8.42 Å². The molecule has 0 amide bonds. The maximum Gasteiger partial charge on any atom is 0.276 e. The third-order valence-corrected chi connectivity index (χ3v) is 5.20. The normalized spacial score (nSPS) is 12.1. The molecule has 3 aromatic rings. The van der Waals surface area contributed by atoms with Crippen LogP contribution in [0.5, 0.6) is 0 Å². The molecule has 0 radical (unpaired) electrons. The van der Waals surface area contributed by atoms with E-state index in [1.165, 1.54) is 18.3 Å². The topological polar surface area (TPSA) is 63.5 Å².